The number of nitrogens with one attached hydrogen (secondary N) is 2. The molecule has 4 aromatic rings. The number of aromatic nitrogens is 3. The van der Waals surface area contributed by atoms with Crippen LogP contribution in [-0.4, -0.2) is 38.9 Å². The topological polar surface area (TPSA) is 98.1 Å². The zero-order valence-electron chi connectivity index (χ0n) is 19.2. The molecule has 1 aromatic heterocycles. The number of benzene rings is 3. The molecule has 0 fully saturated rings. The molecule has 12 heteroatoms. The van der Waals surface area contributed by atoms with Crippen LogP contribution in [0.1, 0.15) is 5.82 Å². The number of carbonyl (C=O) groups excluding carboxylic acids is 2. The van der Waals surface area contributed by atoms with Crippen molar-refractivity contribution >= 4 is 52.5 Å². The van der Waals surface area contributed by atoms with E-state index in [1.807, 2.05) is 18.2 Å². The van der Waals surface area contributed by atoms with Gasteiger partial charge in [-0.1, -0.05) is 65.3 Å². The first-order valence-electron chi connectivity index (χ1n) is 10.9. The first-order valence-corrected chi connectivity index (χ1v) is 12.7. The van der Waals surface area contributed by atoms with Crippen molar-refractivity contribution in [3.8, 4) is 11.4 Å². The van der Waals surface area contributed by atoms with Crippen molar-refractivity contribution in [3.05, 3.63) is 94.5 Å². The molecule has 0 bridgehead atoms. The molecule has 2 N–H and O–H groups in total. The summed E-state index contributed by atoms with van der Waals surface area (Å²) in [5, 5.41) is 14.7. The summed E-state index contributed by atoms with van der Waals surface area (Å²) in [5.41, 5.74) is 0.668. The third-order valence-electron chi connectivity index (χ3n) is 4.90. The molecule has 190 valence electrons. The Kier molecular flexibility index (Phi) is 8.99. The second-order valence-electron chi connectivity index (χ2n) is 7.53. The number of carbonyl (C=O) groups is 2. The predicted molar refractivity (Wildman–Crippen MR) is 141 cm³/mol. The number of nitrogens with zero attached hydrogens (tertiary/aromatic N) is 3. The highest BCUT2D eigenvalue weighted by Gasteiger charge is 2.18. The third kappa shape index (κ3) is 7.22. The van der Waals surface area contributed by atoms with Crippen molar-refractivity contribution in [2.75, 3.05) is 17.7 Å². The van der Waals surface area contributed by atoms with E-state index in [1.54, 1.807) is 41.0 Å². The summed E-state index contributed by atoms with van der Waals surface area (Å²) in [7, 11) is 0. The molecule has 0 aliphatic carbocycles. The monoisotopic (exact) mass is 559 g/mol. The number of halogens is 3. The van der Waals surface area contributed by atoms with Crippen LogP contribution in [0, 0.1) is 5.82 Å². The van der Waals surface area contributed by atoms with Gasteiger partial charge in [-0.05, 0) is 42.5 Å². The molecule has 0 aliphatic heterocycles. The van der Waals surface area contributed by atoms with Gasteiger partial charge in [0.25, 0.3) is 5.91 Å². The maximum absolute atomic E-state index is 13.9. The van der Waals surface area contributed by atoms with Gasteiger partial charge in [-0.2, -0.15) is 0 Å². The Morgan fingerprint density at radius 2 is 1.70 bits per heavy atom. The van der Waals surface area contributed by atoms with Crippen LogP contribution in [0.4, 0.5) is 10.1 Å². The molecule has 8 nitrogen and oxygen atoms in total. The van der Waals surface area contributed by atoms with Crippen LogP contribution in [0.5, 0.6) is 5.75 Å². The first-order chi connectivity index (χ1) is 17.9. The number of hydrogen-bond donors (Lipinski definition) is 2. The fourth-order valence-electron chi connectivity index (χ4n) is 3.16. The van der Waals surface area contributed by atoms with E-state index in [4.69, 9.17) is 27.9 Å². The maximum Gasteiger partial charge on any atom is 0.258 e. The van der Waals surface area contributed by atoms with Gasteiger partial charge < -0.3 is 15.4 Å². The molecule has 0 unspecified atom stereocenters. The second kappa shape index (κ2) is 12.6. The standard InChI is InChI=1S/C25H20Cl2FN5O3S/c26-18-11-10-16(12-19(18)27)33-22(13-29-23(34)14-36-17-6-2-1-3-7-17)31-32-25(33)37-15-24(35)30-21-9-5-4-8-20(21)28/h1-12H,13-15H2,(H,29,34)(H,30,35). The van der Waals surface area contributed by atoms with Gasteiger partial charge >= 0.3 is 0 Å². The largest absolute Gasteiger partial charge is 0.484 e. The van der Waals surface area contributed by atoms with Gasteiger partial charge in [0.2, 0.25) is 5.91 Å². The zero-order valence-corrected chi connectivity index (χ0v) is 21.5. The number of amides is 2. The number of rotatable bonds is 10. The quantitative estimate of drug-likeness (QED) is 0.261. The maximum atomic E-state index is 13.9. The summed E-state index contributed by atoms with van der Waals surface area (Å²) in [6.07, 6.45) is 0. The average molecular weight is 560 g/mol. The number of ether oxygens (including phenoxy) is 1. The molecule has 0 saturated heterocycles. The Bertz CT molecular complexity index is 1400. The van der Waals surface area contributed by atoms with E-state index in [0.29, 0.717) is 32.5 Å². The number of para-hydroxylation sites is 2. The molecule has 1 heterocycles. The van der Waals surface area contributed by atoms with Crippen LogP contribution in [0.15, 0.2) is 78.0 Å². The minimum atomic E-state index is -0.533. The normalized spacial score (nSPS) is 10.7. The fourth-order valence-corrected chi connectivity index (χ4v) is 4.23. The van der Waals surface area contributed by atoms with Crippen molar-refractivity contribution in [1.82, 2.24) is 20.1 Å². The molecule has 37 heavy (non-hydrogen) atoms. The van der Waals surface area contributed by atoms with Crippen LogP contribution >= 0.6 is 35.0 Å². The van der Waals surface area contributed by atoms with E-state index in [9.17, 15) is 14.0 Å². The lowest BCUT2D eigenvalue weighted by molar-refractivity contribution is -0.123. The van der Waals surface area contributed by atoms with Crippen molar-refractivity contribution in [2.45, 2.75) is 11.7 Å². The van der Waals surface area contributed by atoms with Crippen molar-refractivity contribution in [3.63, 3.8) is 0 Å². The van der Waals surface area contributed by atoms with Crippen molar-refractivity contribution < 1.29 is 18.7 Å². The van der Waals surface area contributed by atoms with E-state index >= 15 is 0 Å². The van der Waals surface area contributed by atoms with Gasteiger partial charge in [0.15, 0.2) is 17.6 Å². The van der Waals surface area contributed by atoms with Gasteiger partial charge in [-0.25, -0.2) is 4.39 Å². The summed E-state index contributed by atoms with van der Waals surface area (Å²) in [6.45, 7) is -0.144. The highest BCUT2D eigenvalue weighted by atomic mass is 35.5. The van der Waals surface area contributed by atoms with Crippen LogP contribution in [0.2, 0.25) is 10.0 Å². The fraction of sp³-hybridized carbons (Fsp3) is 0.120. The predicted octanol–water partition coefficient (Wildman–Crippen LogP) is 5.14. The third-order valence-corrected chi connectivity index (χ3v) is 6.57. The van der Waals surface area contributed by atoms with Crippen molar-refractivity contribution in [2.24, 2.45) is 0 Å². The number of thioether (sulfide) groups is 1. The van der Waals surface area contributed by atoms with Gasteiger partial charge in [0, 0.05) is 0 Å². The van der Waals surface area contributed by atoms with Gasteiger partial charge in [-0.3, -0.25) is 14.2 Å². The van der Waals surface area contributed by atoms with Crippen LogP contribution in [-0.2, 0) is 16.1 Å². The molecule has 2 amide bonds. The molecule has 3 aromatic carbocycles. The molecule has 0 saturated carbocycles. The van der Waals surface area contributed by atoms with E-state index in [1.165, 1.54) is 18.2 Å². The Labute approximate surface area is 226 Å². The summed E-state index contributed by atoms with van der Waals surface area (Å²) in [4.78, 5) is 24.8. The highest BCUT2D eigenvalue weighted by Crippen LogP contribution is 2.28. The molecular weight excluding hydrogens is 540 g/mol. The van der Waals surface area contributed by atoms with E-state index in [0.717, 1.165) is 11.8 Å². The number of hydrogen-bond acceptors (Lipinski definition) is 6. The zero-order chi connectivity index (χ0) is 26.2. The Balaban J connectivity index is 1.46. The Hall–Kier alpha value is -3.60. The highest BCUT2D eigenvalue weighted by molar-refractivity contribution is 7.99. The minimum Gasteiger partial charge on any atom is -0.484 e. The average Bonchev–Trinajstić information content (AvgIpc) is 3.31. The van der Waals surface area contributed by atoms with E-state index < -0.39 is 11.7 Å². The van der Waals surface area contributed by atoms with Crippen LogP contribution in [0.25, 0.3) is 5.69 Å². The smallest absolute Gasteiger partial charge is 0.258 e. The summed E-state index contributed by atoms with van der Waals surface area (Å²) < 4.78 is 21.0. The molecule has 0 aliphatic rings. The molecule has 4 rings (SSSR count). The van der Waals surface area contributed by atoms with Crippen LogP contribution in [0.3, 0.4) is 0 Å². The van der Waals surface area contributed by atoms with Crippen LogP contribution < -0.4 is 15.4 Å². The molecule has 0 atom stereocenters. The van der Waals surface area contributed by atoms with E-state index in [-0.39, 0.29) is 30.5 Å². The SMILES string of the molecule is O=C(COc1ccccc1)NCc1nnc(SCC(=O)Nc2ccccc2F)n1-c1ccc(Cl)c(Cl)c1. The molecule has 0 spiro atoms. The van der Waals surface area contributed by atoms with E-state index in [2.05, 4.69) is 20.8 Å². The summed E-state index contributed by atoms with van der Waals surface area (Å²) in [5.74, 6) is -0.412. The Morgan fingerprint density at radius 3 is 2.46 bits per heavy atom. The lowest BCUT2D eigenvalue weighted by atomic mass is 10.3. The summed E-state index contributed by atoms with van der Waals surface area (Å²) in [6, 6.07) is 19.8. The first kappa shape index (κ1) is 26.5. The molecule has 0 radical (unpaired) electrons. The molecular formula is C25H20Cl2FN5O3S. The minimum absolute atomic E-state index is 0.0339. The Morgan fingerprint density at radius 1 is 0.946 bits per heavy atom. The lowest BCUT2D eigenvalue weighted by Crippen LogP contribution is -2.29. The van der Waals surface area contributed by atoms with Gasteiger partial charge in [-0.15, -0.1) is 10.2 Å². The number of anilines is 1. The van der Waals surface area contributed by atoms with Crippen molar-refractivity contribution in [1.29, 1.82) is 0 Å². The lowest BCUT2D eigenvalue weighted by Gasteiger charge is -2.12. The van der Waals surface area contributed by atoms with Gasteiger partial charge in [0.1, 0.15) is 11.6 Å². The second-order valence-corrected chi connectivity index (χ2v) is 9.28. The summed E-state index contributed by atoms with van der Waals surface area (Å²) >= 11 is 13.4. The van der Waals surface area contributed by atoms with Gasteiger partial charge in [0.05, 0.1) is 33.7 Å².